The van der Waals surface area contributed by atoms with Gasteiger partial charge in [0.15, 0.2) is 0 Å². The van der Waals surface area contributed by atoms with E-state index in [1.165, 1.54) is 0 Å². The standard InChI is InChI=1S/C19H24N2O4/c1-12-16(13(2)25-21-12)10-18(22)20-11-19(23)8-4-5-14-9-15(24-3)6-7-17(14)19/h6-7,9,23H,4-5,8,10-11H2,1-3H3,(H,20,22). The van der Waals surface area contributed by atoms with Crippen molar-refractivity contribution >= 4 is 5.91 Å². The van der Waals surface area contributed by atoms with Gasteiger partial charge in [-0.3, -0.25) is 4.79 Å². The molecule has 2 N–H and O–H groups in total. The third kappa shape index (κ3) is 3.54. The predicted molar refractivity (Wildman–Crippen MR) is 92.5 cm³/mol. The summed E-state index contributed by atoms with van der Waals surface area (Å²) in [6, 6.07) is 5.71. The number of rotatable bonds is 5. The lowest BCUT2D eigenvalue weighted by atomic mass is 9.79. The number of methoxy groups -OCH3 is 1. The molecule has 0 aliphatic heterocycles. The Balaban J connectivity index is 1.70. The van der Waals surface area contributed by atoms with E-state index in [1.807, 2.05) is 25.1 Å². The first-order valence-electron chi connectivity index (χ1n) is 8.51. The zero-order valence-corrected chi connectivity index (χ0v) is 14.9. The van der Waals surface area contributed by atoms with Gasteiger partial charge in [0, 0.05) is 5.56 Å². The predicted octanol–water partition coefficient (Wildman–Crippen LogP) is 2.18. The van der Waals surface area contributed by atoms with E-state index in [2.05, 4.69) is 10.5 Å². The minimum atomic E-state index is -1.05. The summed E-state index contributed by atoms with van der Waals surface area (Å²) in [5.41, 5.74) is 2.43. The Morgan fingerprint density at radius 1 is 1.44 bits per heavy atom. The lowest BCUT2D eigenvalue weighted by Gasteiger charge is -2.35. The third-order valence-corrected chi connectivity index (χ3v) is 4.95. The number of aliphatic hydroxyl groups is 1. The maximum Gasteiger partial charge on any atom is 0.224 e. The number of benzene rings is 1. The van der Waals surface area contributed by atoms with Crippen LogP contribution in [0.1, 0.15) is 41.0 Å². The van der Waals surface area contributed by atoms with Gasteiger partial charge in [0.2, 0.25) is 5.91 Å². The molecule has 0 bridgehead atoms. The van der Waals surface area contributed by atoms with Crippen LogP contribution in [0.2, 0.25) is 0 Å². The van der Waals surface area contributed by atoms with Crippen LogP contribution >= 0.6 is 0 Å². The Hall–Kier alpha value is -2.34. The number of amides is 1. The minimum Gasteiger partial charge on any atom is -0.497 e. The van der Waals surface area contributed by atoms with Gasteiger partial charge in [-0.2, -0.15) is 0 Å². The maximum atomic E-state index is 12.3. The SMILES string of the molecule is COc1ccc2c(c1)CCCC2(O)CNC(=O)Cc1c(C)noc1C. The summed E-state index contributed by atoms with van der Waals surface area (Å²) >= 11 is 0. The highest BCUT2D eigenvalue weighted by Crippen LogP contribution is 2.36. The zero-order chi connectivity index (χ0) is 18.0. The number of aromatic nitrogens is 1. The average Bonchev–Trinajstić information content (AvgIpc) is 2.92. The fourth-order valence-corrected chi connectivity index (χ4v) is 3.47. The Bertz CT molecular complexity index is 764. The summed E-state index contributed by atoms with van der Waals surface area (Å²) in [6.45, 7) is 3.80. The topological polar surface area (TPSA) is 84.6 Å². The number of nitrogens with one attached hydrogen (secondary N) is 1. The van der Waals surface area contributed by atoms with E-state index >= 15 is 0 Å². The van der Waals surface area contributed by atoms with Crippen molar-refractivity contribution in [1.29, 1.82) is 0 Å². The molecular weight excluding hydrogens is 320 g/mol. The maximum absolute atomic E-state index is 12.3. The van der Waals surface area contributed by atoms with Crippen molar-refractivity contribution in [2.45, 2.75) is 45.1 Å². The first-order chi connectivity index (χ1) is 11.9. The lowest BCUT2D eigenvalue weighted by molar-refractivity contribution is -0.122. The molecule has 1 aromatic heterocycles. The van der Waals surface area contributed by atoms with Gasteiger partial charge in [-0.25, -0.2) is 0 Å². The second-order valence-electron chi connectivity index (χ2n) is 6.66. The van der Waals surface area contributed by atoms with Crippen molar-refractivity contribution in [3.8, 4) is 5.75 Å². The van der Waals surface area contributed by atoms with Gasteiger partial charge < -0.3 is 19.7 Å². The number of carbonyl (C=O) groups is 1. The van der Waals surface area contributed by atoms with E-state index < -0.39 is 5.60 Å². The molecule has 1 atom stereocenters. The van der Waals surface area contributed by atoms with E-state index in [9.17, 15) is 9.90 Å². The van der Waals surface area contributed by atoms with E-state index in [-0.39, 0.29) is 18.9 Å². The summed E-state index contributed by atoms with van der Waals surface area (Å²) in [6.07, 6.45) is 2.60. The molecule has 0 saturated heterocycles. The van der Waals surface area contributed by atoms with Crippen molar-refractivity contribution < 1.29 is 19.2 Å². The number of ether oxygens (including phenoxy) is 1. The molecule has 1 unspecified atom stereocenters. The quantitative estimate of drug-likeness (QED) is 0.868. The molecule has 3 rings (SSSR count). The summed E-state index contributed by atoms with van der Waals surface area (Å²) in [4.78, 5) is 12.3. The zero-order valence-electron chi connectivity index (χ0n) is 14.9. The number of hydrogen-bond donors (Lipinski definition) is 2. The first-order valence-corrected chi connectivity index (χ1v) is 8.51. The van der Waals surface area contributed by atoms with E-state index in [1.54, 1.807) is 14.0 Å². The molecule has 0 fully saturated rings. The Labute approximate surface area is 147 Å². The van der Waals surface area contributed by atoms with E-state index in [4.69, 9.17) is 9.26 Å². The first kappa shape index (κ1) is 17.5. The van der Waals surface area contributed by atoms with Crippen molar-refractivity contribution in [2.24, 2.45) is 0 Å². The van der Waals surface area contributed by atoms with E-state index in [0.29, 0.717) is 12.2 Å². The smallest absolute Gasteiger partial charge is 0.224 e. The number of nitrogens with zero attached hydrogens (tertiary/aromatic N) is 1. The Morgan fingerprint density at radius 2 is 2.24 bits per heavy atom. The van der Waals surface area contributed by atoms with Crippen LogP contribution < -0.4 is 10.1 Å². The number of fused-ring (bicyclic) bond motifs is 1. The molecule has 0 radical (unpaired) electrons. The molecule has 2 aromatic rings. The molecule has 0 saturated carbocycles. The average molecular weight is 344 g/mol. The second-order valence-corrected chi connectivity index (χ2v) is 6.66. The van der Waals surface area contributed by atoms with Crippen LogP contribution in [0.3, 0.4) is 0 Å². The van der Waals surface area contributed by atoms with Gasteiger partial charge in [0.25, 0.3) is 0 Å². The largest absolute Gasteiger partial charge is 0.497 e. The fraction of sp³-hybridized carbons (Fsp3) is 0.474. The minimum absolute atomic E-state index is 0.150. The molecule has 1 aromatic carbocycles. The highest BCUT2D eigenvalue weighted by Gasteiger charge is 2.35. The molecule has 1 aliphatic carbocycles. The van der Waals surface area contributed by atoms with Gasteiger partial charge in [-0.15, -0.1) is 0 Å². The van der Waals surface area contributed by atoms with Gasteiger partial charge in [0.05, 0.1) is 25.8 Å². The van der Waals surface area contributed by atoms with Crippen LogP contribution in [-0.2, 0) is 23.2 Å². The van der Waals surface area contributed by atoms with Crippen molar-refractivity contribution in [3.05, 3.63) is 46.3 Å². The third-order valence-electron chi connectivity index (χ3n) is 4.95. The second kappa shape index (κ2) is 6.88. The summed E-state index contributed by atoms with van der Waals surface area (Å²) in [5.74, 6) is 1.29. The van der Waals surface area contributed by atoms with Gasteiger partial charge >= 0.3 is 0 Å². The molecule has 1 aliphatic rings. The normalized spacial score (nSPS) is 19.4. The monoisotopic (exact) mass is 344 g/mol. The van der Waals surface area contributed by atoms with Crippen molar-refractivity contribution in [1.82, 2.24) is 10.5 Å². The summed E-state index contributed by atoms with van der Waals surface area (Å²) < 4.78 is 10.3. The van der Waals surface area contributed by atoms with Gasteiger partial charge in [0.1, 0.15) is 17.1 Å². The van der Waals surface area contributed by atoms with Crippen molar-refractivity contribution in [2.75, 3.05) is 13.7 Å². The molecule has 1 amide bonds. The number of aryl methyl sites for hydroxylation is 3. The molecule has 134 valence electrons. The van der Waals surface area contributed by atoms with Crippen LogP contribution in [-0.4, -0.2) is 29.8 Å². The number of carbonyl (C=O) groups excluding carboxylic acids is 1. The highest BCUT2D eigenvalue weighted by molar-refractivity contribution is 5.79. The molecule has 6 nitrogen and oxygen atoms in total. The van der Waals surface area contributed by atoms with Crippen LogP contribution in [0.15, 0.2) is 22.7 Å². The lowest BCUT2D eigenvalue weighted by Crippen LogP contribution is -2.43. The Kier molecular flexibility index (Phi) is 4.81. The van der Waals surface area contributed by atoms with Crippen LogP contribution in [0, 0.1) is 13.8 Å². The molecule has 1 heterocycles. The summed E-state index contributed by atoms with van der Waals surface area (Å²) in [7, 11) is 1.63. The molecule has 0 spiro atoms. The van der Waals surface area contributed by atoms with Crippen molar-refractivity contribution in [3.63, 3.8) is 0 Å². The highest BCUT2D eigenvalue weighted by atomic mass is 16.5. The van der Waals surface area contributed by atoms with Crippen LogP contribution in [0.25, 0.3) is 0 Å². The fourth-order valence-electron chi connectivity index (χ4n) is 3.47. The van der Waals surface area contributed by atoms with Crippen LogP contribution in [0.4, 0.5) is 0 Å². The van der Waals surface area contributed by atoms with Gasteiger partial charge in [-0.1, -0.05) is 11.2 Å². The van der Waals surface area contributed by atoms with Crippen LogP contribution in [0.5, 0.6) is 5.75 Å². The van der Waals surface area contributed by atoms with Gasteiger partial charge in [-0.05, 0) is 56.4 Å². The Morgan fingerprint density at radius 3 is 2.92 bits per heavy atom. The van der Waals surface area contributed by atoms with E-state index in [0.717, 1.165) is 41.0 Å². The summed E-state index contributed by atoms with van der Waals surface area (Å²) in [5, 5.41) is 17.8. The molecule has 25 heavy (non-hydrogen) atoms. The molecular formula is C19H24N2O4. The number of hydrogen-bond acceptors (Lipinski definition) is 5. The molecule has 6 heteroatoms.